The number of aliphatic hydroxyl groups is 1. The summed E-state index contributed by atoms with van der Waals surface area (Å²) in [5.41, 5.74) is 0.178. The van der Waals surface area contributed by atoms with Crippen LogP contribution in [0.1, 0.15) is 30.1 Å². The van der Waals surface area contributed by atoms with Gasteiger partial charge in [-0.1, -0.05) is 0 Å². The molecule has 0 amide bonds. The molecule has 1 saturated carbocycles. The molecule has 1 unspecified atom stereocenters. The highest BCUT2D eigenvalue weighted by Crippen LogP contribution is 2.28. The van der Waals surface area contributed by atoms with Gasteiger partial charge in [0, 0.05) is 12.1 Å². The van der Waals surface area contributed by atoms with Gasteiger partial charge in [-0.2, -0.15) is 0 Å². The summed E-state index contributed by atoms with van der Waals surface area (Å²) in [6.07, 6.45) is 1.30. The van der Waals surface area contributed by atoms with E-state index in [1.54, 1.807) is 6.92 Å². The molecule has 0 aromatic heterocycles. The van der Waals surface area contributed by atoms with Gasteiger partial charge < -0.3 is 5.11 Å². The second-order valence-corrected chi connectivity index (χ2v) is 5.60. The molecule has 1 N–H and O–H groups in total. The summed E-state index contributed by atoms with van der Waals surface area (Å²) in [4.78, 5) is 14.1. The van der Waals surface area contributed by atoms with Crippen molar-refractivity contribution in [2.45, 2.75) is 31.9 Å². The Bertz CT molecular complexity index is 501. The number of carbonyl (C=O) groups is 1. The van der Waals surface area contributed by atoms with Crippen molar-refractivity contribution < 1.29 is 18.7 Å². The first-order valence-electron chi connectivity index (χ1n) is 6.76. The Labute approximate surface area is 117 Å². The minimum atomic E-state index is -1.01. The summed E-state index contributed by atoms with van der Waals surface area (Å²) < 4.78 is 26.0. The van der Waals surface area contributed by atoms with Crippen LogP contribution in [0.4, 0.5) is 8.78 Å². The zero-order valence-electron chi connectivity index (χ0n) is 11.6. The van der Waals surface area contributed by atoms with Crippen LogP contribution in [-0.4, -0.2) is 41.5 Å². The highest BCUT2D eigenvalue weighted by atomic mass is 19.2. The highest BCUT2D eigenvalue weighted by molar-refractivity contribution is 5.99. The number of benzene rings is 1. The van der Waals surface area contributed by atoms with Crippen LogP contribution in [-0.2, 0) is 0 Å². The number of hydrogen-bond donors (Lipinski definition) is 1. The van der Waals surface area contributed by atoms with E-state index in [4.69, 9.17) is 0 Å². The number of Topliss-reactive ketones (excluding diaryl/α,β-unsaturated/α-hetero) is 1. The molecular formula is C15H19F2NO2. The maximum absolute atomic E-state index is 13.2. The van der Waals surface area contributed by atoms with Gasteiger partial charge in [0.1, 0.15) is 0 Å². The molecule has 3 nitrogen and oxygen atoms in total. The second kappa shape index (κ2) is 5.97. The summed E-state index contributed by atoms with van der Waals surface area (Å²) >= 11 is 0. The molecule has 1 aliphatic rings. The van der Waals surface area contributed by atoms with Gasteiger partial charge in [0.05, 0.1) is 12.1 Å². The van der Waals surface area contributed by atoms with Crippen LogP contribution in [0.3, 0.4) is 0 Å². The molecule has 20 heavy (non-hydrogen) atoms. The molecule has 2 rings (SSSR count). The first-order chi connectivity index (χ1) is 9.38. The predicted octanol–water partition coefficient (Wildman–Crippen LogP) is 2.24. The van der Waals surface area contributed by atoms with Crippen LogP contribution < -0.4 is 0 Å². The smallest absolute Gasteiger partial charge is 0.179 e. The van der Waals surface area contributed by atoms with Gasteiger partial charge in [0.2, 0.25) is 0 Å². The minimum absolute atomic E-state index is 0.178. The molecule has 1 aromatic rings. The molecule has 0 radical (unpaired) electrons. The highest BCUT2D eigenvalue weighted by Gasteiger charge is 2.30. The summed E-state index contributed by atoms with van der Waals surface area (Å²) in [7, 11) is 1.83. The molecule has 110 valence electrons. The molecule has 0 bridgehead atoms. The molecule has 1 aliphatic carbocycles. The average Bonchev–Trinajstić information content (AvgIpc) is 2.38. The van der Waals surface area contributed by atoms with Crippen molar-refractivity contribution >= 4 is 5.78 Å². The average molecular weight is 283 g/mol. The Hall–Kier alpha value is -1.33. The van der Waals surface area contributed by atoms with Gasteiger partial charge in [-0.15, -0.1) is 0 Å². The fraction of sp³-hybridized carbons (Fsp3) is 0.533. The fourth-order valence-corrected chi connectivity index (χ4v) is 2.51. The largest absolute Gasteiger partial charge is 0.393 e. The van der Waals surface area contributed by atoms with E-state index in [0.29, 0.717) is 12.5 Å². The number of hydrogen-bond acceptors (Lipinski definition) is 3. The topological polar surface area (TPSA) is 40.5 Å². The van der Waals surface area contributed by atoms with E-state index in [1.165, 1.54) is 6.07 Å². The van der Waals surface area contributed by atoms with E-state index < -0.39 is 17.7 Å². The van der Waals surface area contributed by atoms with Crippen molar-refractivity contribution in [3.8, 4) is 0 Å². The normalized spacial score (nSPS) is 23.5. The van der Waals surface area contributed by atoms with Crippen LogP contribution in [0.5, 0.6) is 0 Å². The van der Waals surface area contributed by atoms with Crippen LogP contribution in [0.15, 0.2) is 18.2 Å². The Kier molecular flexibility index (Phi) is 4.50. The molecule has 0 aliphatic heterocycles. The molecule has 1 fully saturated rings. The predicted molar refractivity (Wildman–Crippen MR) is 71.5 cm³/mol. The van der Waals surface area contributed by atoms with Gasteiger partial charge in [0.25, 0.3) is 0 Å². The van der Waals surface area contributed by atoms with Crippen LogP contribution in [0.25, 0.3) is 0 Å². The van der Waals surface area contributed by atoms with Crippen molar-refractivity contribution in [3.63, 3.8) is 0 Å². The van der Waals surface area contributed by atoms with E-state index >= 15 is 0 Å². The molecule has 0 saturated heterocycles. The molecular weight excluding hydrogens is 264 g/mol. The van der Waals surface area contributed by atoms with Crippen LogP contribution in [0, 0.1) is 17.6 Å². The van der Waals surface area contributed by atoms with Gasteiger partial charge in [-0.25, -0.2) is 8.78 Å². The van der Waals surface area contributed by atoms with E-state index in [9.17, 15) is 18.7 Å². The number of nitrogens with zero attached hydrogens (tertiary/aromatic N) is 1. The molecule has 5 heteroatoms. The van der Waals surface area contributed by atoms with Crippen molar-refractivity contribution in [2.75, 3.05) is 13.6 Å². The number of likely N-dealkylation sites (N-methyl/N-ethyl adjacent to an activating group) is 1. The van der Waals surface area contributed by atoms with Crippen molar-refractivity contribution in [1.29, 1.82) is 0 Å². The lowest BCUT2D eigenvalue weighted by atomic mass is 9.82. The quantitative estimate of drug-likeness (QED) is 0.843. The maximum atomic E-state index is 13.2. The first kappa shape index (κ1) is 15.1. The molecule has 0 spiro atoms. The molecule has 0 heterocycles. The zero-order valence-corrected chi connectivity index (χ0v) is 11.6. The number of halogens is 2. The lowest BCUT2D eigenvalue weighted by Gasteiger charge is -2.36. The molecule has 1 aromatic carbocycles. The zero-order chi connectivity index (χ0) is 14.9. The van der Waals surface area contributed by atoms with Crippen LogP contribution in [0.2, 0.25) is 0 Å². The summed E-state index contributed by atoms with van der Waals surface area (Å²) in [6, 6.07) is 2.81. The van der Waals surface area contributed by atoms with Crippen LogP contribution >= 0.6 is 0 Å². The van der Waals surface area contributed by atoms with E-state index in [2.05, 4.69) is 0 Å². The Balaban J connectivity index is 1.98. The third-order valence-corrected chi connectivity index (χ3v) is 4.00. The number of ketones is 1. The summed E-state index contributed by atoms with van der Waals surface area (Å²) in [5.74, 6) is -1.79. The number of carbonyl (C=O) groups excluding carboxylic acids is 1. The van der Waals surface area contributed by atoms with E-state index in [-0.39, 0.29) is 17.5 Å². The van der Waals surface area contributed by atoms with E-state index in [0.717, 1.165) is 25.0 Å². The summed E-state index contributed by atoms with van der Waals surface area (Å²) in [6.45, 7) is 2.46. The minimum Gasteiger partial charge on any atom is -0.393 e. The summed E-state index contributed by atoms with van der Waals surface area (Å²) in [5, 5.41) is 9.25. The first-order valence-corrected chi connectivity index (χ1v) is 6.76. The third kappa shape index (κ3) is 3.22. The number of rotatable bonds is 5. The third-order valence-electron chi connectivity index (χ3n) is 4.00. The van der Waals surface area contributed by atoms with Crippen molar-refractivity contribution in [1.82, 2.24) is 4.90 Å². The monoisotopic (exact) mass is 283 g/mol. The standard InChI is InChI=1S/C15H19F2NO2/c1-9(18(2)8-10-5-12(19)6-10)15(20)11-3-4-13(16)14(17)7-11/h3-4,7,9-10,12,19H,5-6,8H2,1-2H3. The SMILES string of the molecule is CC(C(=O)c1ccc(F)c(F)c1)N(C)CC1CC(O)C1. The van der Waals surface area contributed by atoms with Gasteiger partial charge in [-0.05, 0) is 50.9 Å². The Morgan fingerprint density at radius 1 is 1.40 bits per heavy atom. The van der Waals surface area contributed by atoms with Crippen molar-refractivity contribution in [3.05, 3.63) is 35.4 Å². The Morgan fingerprint density at radius 3 is 2.60 bits per heavy atom. The molecule has 1 atom stereocenters. The number of aliphatic hydroxyl groups excluding tert-OH is 1. The fourth-order valence-electron chi connectivity index (χ4n) is 2.51. The second-order valence-electron chi connectivity index (χ2n) is 5.60. The van der Waals surface area contributed by atoms with Gasteiger partial charge >= 0.3 is 0 Å². The van der Waals surface area contributed by atoms with Gasteiger partial charge in [-0.3, -0.25) is 9.69 Å². The van der Waals surface area contributed by atoms with Crippen molar-refractivity contribution in [2.24, 2.45) is 5.92 Å². The van der Waals surface area contributed by atoms with Gasteiger partial charge in [0.15, 0.2) is 17.4 Å². The lowest BCUT2D eigenvalue weighted by molar-refractivity contribution is 0.0234. The Morgan fingerprint density at radius 2 is 2.05 bits per heavy atom. The lowest BCUT2D eigenvalue weighted by Crippen LogP contribution is -2.43. The maximum Gasteiger partial charge on any atom is 0.179 e. The van der Waals surface area contributed by atoms with E-state index in [1.807, 2.05) is 11.9 Å².